The number of aliphatic hydroxyl groups excluding tert-OH is 1. The first kappa shape index (κ1) is 18.4. The van der Waals surface area contributed by atoms with E-state index in [1.807, 2.05) is 22.4 Å². The molecule has 0 spiro atoms. The maximum atomic E-state index is 13.3. The topological polar surface area (TPSA) is 75.8 Å². The number of thiophene rings is 1. The van der Waals surface area contributed by atoms with Gasteiger partial charge >= 0.3 is 0 Å². The number of hydrogen-bond donors (Lipinski definition) is 2. The Morgan fingerprint density at radius 1 is 1.38 bits per heavy atom. The van der Waals surface area contributed by atoms with Gasteiger partial charge in [-0.15, -0.1) is 11.3 Å². The number of ether oxygens (including phenoxy) is 1. The second-order valence-electron chi connectivity index (χ2n) is 8.22. The molecule has 0 radical (unpaired) electrons. The van der Waals surface area contributed by atoms with Crippen molar-refractivity contribution < 1.29 is 14.6 Å². The van der Waals surface area contributed by atoms with Gasteiger partial charge in [-0.1, -0.05) is 12.5 Å². The fourth-order valence-corrected chi connectivity index (χ4v) is 5.94. The zero-order valence-corrected chi connectivity index (χ0v) is 16.1. The van der Waals surface area contributed by atoms with Gasteiger partial charge in [0.05, 0.1) is 25.4 Å². The predicted molar refractivity (Wildman–Crippen MR) is 102 cm³/mol. The molecule has 1 amide bonds. The van der Waals surface area contributed by atoms with Crippen molar-refractivity contribution in [1.29, 1.82) is 0 Å². The molecule has 4 unspecified atom stereocenters. The van der Waals surface area contributed by atoms with Crippen molar-refractivity contribution in [1.82, 2.24) is 4.90 Å². The molecule has 26 heavy (non-hydrogen) atoms. The fraction of sp³-hybridized carbons (Fsp3) is 0.750. The molecular weight excluding hydrogens is 348 g/mol. The minimum atomic E-state index is -0.531. The molecule has 6 heteroatoms. The minimum absolute atomic E-state index is 0.0382. The number of hydrogen-bond acceptors (Lipinski definition) is 5. The number of carbonyl (C=O) groups excluding carboxylic acids is 1. The molecule has 4 atom stereocenters. The molecule has 1 aliphatic heterocycles. The maximum Gasteiger partial charge on any atom is 0.226 e. The summed E-state index contributed by atoms with van der Waals surface area (Å²) in [6, 6.07) is 4.15. The minimum Gasteiger partial charge on any atom is -0.387 e. The SMILES string of the molecule is NC1C2CCCC1CC(C(=O)N1CCOCC1CC(O)c1cccs1)C2. The first-order valence-electron chi connectivity index (χ1n) is 9.98. The second-order valence-corrected chi connectivity index (χ2v) is 9.20. The van der Waals surface area contributed by atoms with Crippen LogP contribution in [0.1, 0.15) is 49.5 Å². The Morgan fingerprint density at radius 2 is 2.15 bits per heavy atom. The van der Waals surface area contributed by atoms with E-state index in [0.29, 0.717) is 38.0 Å². The molecule has 5 nitrogen and oxygen atoms in total. The van der Waals surface area contributed by atoms with Crippen LogP contribution < -0.4 is 5.73 Å². The van der Waals surface area contributed by atoms with E-state index >= 15 is 0 Å². The van der Waals surface area contributed by atoms with Crippen LogP contribution in [-0.4, -0.2) is 47.8 Å². The van der Waals surface area contributed by atoms with E-state index in [2.05, 4.69) is 0 Å². The third kappa shape index (κ3) is 3.70. The molecule has 2 aliphatic carbocycles. The zero-order valence-electron chi connectivity index (χ0n) is 15.3. The van der Waals surface area contributed by atoms with E-state index in [9.17, 15) is 9.90 Å². The zero-order chi connectivity index (χ0) is 18.1. The average Bonchev–Trinajstić information content (AvgIpc) is 3.16. The van der Waals surface area contributed by atoms with Crippen LogP contribution in [0.25, 0.3) is 0 Å². The Labute approximate surface area is 159 Å². The van der Waals surface area contributed by atoms with Crippen molar-refractivity contribution in [2.75, 3.05) is 19.8 Å². The third-order valence-corrected chi connectivity index (χ3v) is 7.61. The molecule has 144 valence electrons. The van der Waals surface area contributed by atoms with Gasteiger partial charge in [0, 0.05) is 29.8 Å². The van der Waals surface area contributed by atoms with Crippen LogP contribution in [0.2, 0.25) is 0 Å². The number of nitrogens with zero attached hydrogens (tertiary/aromatic N) is 1. The summed E-state index contributed by atoms with van der Waals surface area (Å²) >= 11 is 1.56. The van der Waals surface area contributed by atoms with Crippen LogP contribution in [0.4, 0.5) is 0 Å². The van der Waals surface area contributed by atoms with E-state index in [4.69, 9.17) is 10.5 Å². The molecule has 1 aromatic rings. The fourth-order valence-electron chi connectivity index (χ4n) is 5.22. The van der Waals surface area contributed by atoms with Gasteiger partial charge < -0.3 is 20.5 Å². The highest BCUT2D eigenvalue weighted by Crippen LogP contribution is 2.42. The summed E-state index contributed by atoms with van der Waals surface area (Å²) in [5.74, 6) is 1.38. The average molecular weight is 379 g/mol. The van der Waals surface area contributed by atoms with Crippen LogP contribution in [0.3, 0.4) is 0 Å². The number of fused-ring (bicyclic) bond motifs is 2. The highest BCUT2D eigenvalue weighted by Gasteiger charge is 2.43. The standard InChI is InChI=1S/C20H30N2O3S/c21-19-13-3-1-4-14(19)10-15(9-13)20(24)22-6-7-25-12-16(22)11-17(23)18-5-2-8-26-18/h2,5,8,13-17,19,23H,1,3-4,6-7,9-12,21H2. The van der Waals surface area contributed by atoms with Gasteiger partial charge in [-0.3, -0.25) is 4.79 Å². The van der Waals surface area contributed by atoms with Gasteiger partial charge in [0.25, 0.3) is 0 Å². The highest BCUT2D eigenvalue weighted by atomic mass is 32.1. The molecule has 1 aromatic heterocycles. The lowest BCUT2D eigenvalue weighted by molar-refractivity contribution is -0.148. The van der Waals surface area contributed by atoms with Gasteiger partial charge in [0.2, 0.25) is 5.91 Å². The van der Waals surface area contributed by atoms with Crippen LogP contribution in [-0.2, 0) is 9.53 Å². The largest absolute Gasteiger partial charge is 0.387 e. The molecule has 2 saturated carbocycles. The third-order valence-electron chi connectivity index (χ3n) is 6.64. The summed E-state index contributed by atoms with van der Waals surface area (Å²) in [5.41, 5.74) is 6.40. The Hall–Kier alpha value is -0.950. The van der Waals surface area contributed by atoms with E-state index in [1.54, 1.807) is 11.3 Å². The van der Waals surface area contributed by atoms with Crippen molar-refractivity contribution in [2.45, 2.75) is 56.7 Å². The van der Waals surface area contributed by atoms with Crippen molar-refractivity contribution in [2.24, 2.45) is 23.5 Å². The van der Waals surface area contributed by atoms with E-state index in [1.165, 1.54) is 19.3 Å². The van der Waals surface area contributed by atoms with E-state index < -0.39 is 6.10 Å². The van der Waals surface area contributed by atoms with Crippen LogP contribution in [0, 0.1) is 17.8 Å². The van der Waals surface area contributed by atoms with Crippen LogP contribution in [0.15, 0.2) is 17.5 Å². The van der Waals surface area contributed by atoms with Crippen molar-refractivity contribution in [3.63, 3.8) is 0 Å². The normalized spacial score (nSPS) is 35.9. The maximum absolute atomic E-state index is 13.3. The van der Waals surface area contributed by atoms with Crippen molar-refractivity contribution in [3.8, 4) is 0 Å². The smallest absolute Gasteiger partial charge is 0.226 e. The Bertz CT molecular complexity index is 594. The summed E-state index contributed by atoms with van der Waals surface area (Å²) in [6.07, 6.45) is 5.50. The number of rotatable bonds is 4. The first-order chi connectivity index (χ1) is 12.6. The van der Waals surface area contributed by atoms with Crippen LogP contribution in [0.5, 0.6) is 0 Å². The molecule has 0 aromatic carbocycles. The lowest BCUT2D eigenvalue weighted by atomic mass is 9.65. The molecule has 2 heterocycles. The lowest BCUT2D eigenvalue weighted by Gasteiger charge is -2.46. The summed E-state index contributed by atoms with van der Waals surface area (Å²) in [7, 11) is 0. The molecule has 3 aliphatic rings. The van der Waals surface area contributed by atoms with E-state index in [0.717, 1.165) is 17.7 Å². The molecule has 4 rings (SSSR count). The van der Waals surface area contributed by atoms with Gasteiger partial charge in [-0.05, 0) is 49.0 Å². The van der Waals surface area contributed by atoms with Gasteiger partial charge in [0.1, 0.15) is 0 Å². The van der Waals surface area contributed by atoms with Crippen LogP contribution >= 0.6 is 11.3 Å². The number of carbonyl (C=O) groups is 1. The van der Waals surface area contributed by atoms with Gasteiger partial charge in [-0.25, -0.2) is 0 Å². The first-order valence-corrected chi connectivity index (χ1v) is 10.9. The molecule has 3 N–H and O–H groups in total. The van der Waals surface area contributed by atoms with Crippen molar-refractivity contribution in [3.05, 3.63) is 22.4 Å². The predicted octanol–water partition coefficient (Wildman–Crippen LogP) is 2.55. The van der Waals surface area contributed by atoms with Gasteiger partial charge in [-0.2, -0.15) is 0 Å². The van der Waals surface area contributed by atoms with Gasteiger partial charge in [0.15, 0.2) is 0 Å². The lowest BCUT2D eigenvalue weighted by Crippen LogP contribution is -2.54. The quantitative estimate of drug-likeness (QED) is 0.844. The summed E-state index contributed by atoms with van der Waals surface area (Å²) in [4.78, 5) is 16.3. The highest BCUT2D eigenvalue weighted by molar-refractivity contribution is 7.10. The molecular formula is C20H30N2O3S. The molecule has 2 bridgehead atoms. The van der Waals surface area contributed by atoms with E-state index in [-0.39, 0.29) is 23.9 Å². The number of nitrogens with two attached hydrogens (primary N) is 1. The summed E-state index contributed by atoms with van der Waals surface area (Å²) < 4.78 is 5.64. The summed E-state index contributed by atoms with van der Waals surface area (Å²) in [5, 5.41) is 12.5. The number of amides is 1. The monoisotopic (exact) mass is 378 g/mol. The Kier molecular flexibility index (Phi) is 5.64. The number of aliphatic hydroxyl groups is 1. The summed E-state index contributed by atoms with van der Waals surface area (Å²) in [6.45, 7) is 1.75. The Morgan fingerprint density at radius 3 is 2.85 bits per heavy atom. The number of morpholine rings is 1. The second kappa shape index (κ2) is 7.97. The van der Waals surface area contributed by atoms with Crippen molar-refractivity contribution >= 4 is 17.2 Å². The molecule has 3 fully saturated rings. The molecule has 1 saturated heterocycles. The Balaban J connectivity index is 1.43.